The number of halogens is 1. The highest BCUT2D eigenvalue weighted by Gasteiger charge is 2.11. The Labute approximate surface area is 98.0 Å². The first-order valence-corrected chi connectivity index (χ1v) is 5.81. The highest BCUT2D eigenvalue weighted by molar-refractivity contribution is 6.31. The van der Waals surface area contributed by atoms with E-state index in [-0.39, 0.29) is 0 Å². The molecule has 0 saturated heterocycles. The summed E-state index contributed by atoms with van der Waals surface area (Å²) in [5.74, 6) is 0.939. The van der Waals surface area contributed by atoms with Gasteiger partial charge in [-0.25, -0.2) is 0 Å². The molecule has 0 nitrogen and oxygen atoms in total. The van der Waals surface area contributed by atoms with E-state index in [4.69, 9.17) is 11.6 Å². The van der Waals surface area contributed by atoms with E-state index in [1.807, 2.05) is 6.08 Å². The van der Waals surface area contributed by atoms with Crippen LogP contribution in [0, 0.1) is 0 Å². The molecule has 0 saturated carbocycles. The monoisotopic (exact) mass is 222 g/mol. The van der Waals surface area contributed by atoms with E-state index in [9.17, 15) is 0 Å². The fourth-order valence-electron chi connectivity index (χ4n) is 1.74. The van der Waals surface area contributed by atoms with E-state index in [0.29, 0.717) is 11.8 Å². The van der Waals surface area contributed by atoms with Crippen LogP contribution < -0.4 is 0 Å². The van der Waals surface area contributed by atoms with Crippen LogP contribution >= 0.6 is 11.6 Å². The Bertz CT molecular complexity index is 362. The largest absolute Gasteiger partial charge is 0.0985 e. The van der Waals surface area contributed by atoms with Crippen molar-refractivity contribution in [2.75, 3.05) is 0 Å². The standard InChI is InChI=1S/C14H19Cl/c1-6-11-7-13(10(4)5)14(15)8-12(11)9(2)3/h6-10H,1H2,2-5H3. The predicted molar refractivity (Wildman–Crippen MR) is 69.7 cm³/mol. The Kier molecular flexibility index (Phi) is 3.98. The summed E-state index contributed by atoms with van der Waals surface area (Å²) in [6.45, 7) is 12.5. The Morgan fingerprint density at radius 2 is 1.60 bits per heavy atom. The van der Waals surface area contributed by atoms with Gasteiger partial charge in [-0.2, -0.15) is 0 Å². The molecule has 0 aliphatic heterocycles. The summed E-state index contributed by atoms with van der Waals surface area (Å²) in [7, 11) is 0. The molecule has 1 heteroatoms. The molecule has 1 rings (SSSR count). The number of benzene rings is 1. The normalized spacial score (nSPS) is 11.1. The first-order chi connectivity index (χ1) is 6.97. The van der Waals surface area contributed by atoms with Crippen molar-refractivity contribution in [2.24, 2.45) is 0 Å². The van der Waals surface area contributed by atoms with Crippen molar-refractivity contribution < 1.29 is 0 Å². The molecule has 0 bridgehead atoms. The third-order valence-corrected chi connectivity index (χ3v) is 2.99. The number of hydrogen-bond donors (Lipinski definition) is 0. The molecule has 0 heterocycles. The maximum atomic E-state index is 6.26. The van der Waals surface area contributed by atoms with Gasteiger partial charge in [-0.15, -0.1) is 0 Å². The van der Waals surface area contributed by atoms with Crippen LogP contribution in [0.5, 0.6) is 0 Å². The molecular formula is C14H19Cl. The lowest BCUT2D eigenvalue weighted by atomic mass is 9.92. The first kappa shape index (κ1) is 12.3. The van der Waals surface area contributed by atoms with Crippen LogP contribution in [0.1, 0.15) is 56.2 Å². The molecule has 0 radical (unpaired) electrons. The molecular weight excluding hydrogens is 204 g/mol. The van der Waals surface area contributed by atoms with Gasteiger partial charge in [-0.1, -0.05) is 52.0 Å². The minimum Gasteiger partial charge on any atom is -0.0985 e. The molecule has 0 aromatic heterocycles. The molecule has 82 valence electrons. The second kappa shape index (κ2) is 4.85. The van der Waals surface area contributed by atoms with Crippen LogP contribution in [-0.4, -0.2) is 0 Å². The summed E-state index contributed by atoms with van der Waals surface area (Å²) in [5.41, 5.74) is 3.69. The molecule has 0 unspecified atom stereocenters. The van der Waals surface area contributed by atoms with Crippen LogP contribution in [0.4, 0.5) is 0 Å². The average molecular weight is 223 g/mol. The van der Waals surface area contributed by atoms with Crippen LogP contribution in [-0.2, 0) is 0 Å². The quantitative estimate of drug-likeness (QED) is 0.657. The smallest absolute Gasteiger partial charge is 0.0443 e. The molecule has 15 heavy (non-hydrogen) atoms. The maximum Gasteiger partial charge on any atom is 0.0443 e. The third kappa shape index (κ3) is 2.63. The van der Waals surface area contributed by atoms with Gasteiger partial charge in [0, 0.05) is 5.02 Å². The van der Waals surface area contributed by atoms with Crippen LogP contribution in [0.25, 0.3) is 6.08 Å². The second-order valence-electron chi connectivity index (χ2n) is 4.52. The van der Waals surface area contributed by atoms with Gasteiger partial charge in [-0.3, -0.25) is 0 Å². The SMILES string of the molecule is C=Cc1cc(C(C)C)c(Cl)cc1C(C)C. The van der Waals surface area contributed by atoms with E-state index in [0.717, 1.165) is 5.02 Å². The molecule has 0 N–H and O–H groups in total. The van der Waals surface area contributed by atoms with E-state index < -0.39 is 0 Å². The third-order valence-electron chi connectivity index (χ3n) is 2.67. The van der Waals surface area contributed by atoms with Crippen LogP contribution in [0.2, 0.25) is 5.02 Å². The first-order valence-electron chi connectivity index (χ1n) is 5.43. The summed E-state index contributed by atoms with van der Waals surface area (Å²) < 4.78 is 0. The summed E-state index contributed by atoms with van der Waals surface area (Å²) in [4.78, 5) is 0. The Morgan fingerprint density at radius 1 is 1.07 bits per heavy atom. The van der Waals surface area contributed by atoms with Gasteiger partial charge in [0.05, 0.1) is 0 Å². The fourth-order valence-corrected chi connectivity index (χ4v) is 2.13. The van der Waals surface area contributed by atoms with Crippen molar-refractivity contribution >= 4 is 17.7 Å². The Morgan fingerprint density at radius 3 is 2.00 bits per heavy atom. The van der Waals surface area contributed by atoms with Crippen molar-refractivity contribution in [3.8, 4) is 0 Å². The van der Waals surface area contributed by atoms with Gasteiger partial charge in [0.1, 0.15) is 0 Å². The molecule has 0 fully saturated rings. The molecule has 1 aromatic rings. The van der Waals surface area contributed by atoms with E-state index in [1.165, 1.54) is 16.7 Å². The fraction of sp³-hybridized carbons (Fsp3) is 0.429. The molecule has 0 aliphatic rings. The van der Waals surface area contributed by atoms with E-state index >= 15 is 0 Å². The van der Waals surface area contributed by atoms with Gasteiger partial charge >= 0.3 is 0 Å². The van der Waals surface area contributed by atoms with E-state index in [1.54, 1.807) is 0 Å². The lowest BCUT2D eigenvalue weighted by Crippen LogP contribution is -1.97. The molecule has 1 aromatic carbocycles. The Hall–Kier alpha value is -0.750. The summed E-state index contributed by atoms with van der Waals surface area (Å²) in [6, 6.07) is 4.24. The highest BCUT2D eigenvalue weighted by Crippen LogP contribution is 2.31. The molecule has 0 atom stereocenters. The zero-order valence-electron chi connectivity index (χ0n) is 9.97. The minimum atomic E-state index is 0.456. The van der Waals surface area contributed by atoms with Gasteiger partial charge in [0.15, 0.2) is 0 Å². The van der Waals surface area contributed by atoms with Gasteiger partial charge < -0.3 is 0 Å². The Balaban J connectivity index is 3.35. The van der Waals surface area contributed by atoms with Crippen molar-refractivity contribution in [1.82, 2.24) is 0 Å². The second-order valence-corrected chi connectivity index (χ2v) is 4.92. The van der Waals surface area contributed by atoms with Gasteiger partial charge in [0.2, 0.25) is 0 Å². The van der Waals surface area contributed by atoms with Crippen molar-refractivity contribution in [2.45, 2.75) is 39.5 Å². The summed E-state index contributed by atoms with van der Waals surface area (Å²) in [6.07, 6.45) is 1.91. The maximum absolute atomic E-state index is 6.26. The molecule has 0 aliphatic carbocycles. The zero-order chi connectivity index (χ0) is 11.6. The van der Waals surface area contributed by atoms with Crippen molar-refractivity contribution in [1.29, 1.82) is 0 Å². The summed E-state index contributed by atoms with van der Waals surface area (Å²) >= 11 is 6.26. The highest BCUT2D eigenvalue weighted by atomic mass is 35.5. The number of hydrogen-bond acceptors (Lipinski definition) is 0. The predicted octanol–water partition coefficient (Wildman–Crippen LogP) is 5.23. The lowest BCUT2D eigenvalue weighted by molar-refractivity contribution is 0.842. The van der Waals surface area contributed by atoms with Crippen molar-refractivity contribution in [3.05, 3.63) is 40.4 Å². The average Bonchev–Trinajstić information content (AvgIpc) is 2.16. The zero-order valence-corrected chi connectivity index (χ0v) is 10.7. The molecule has 0 spiro atoms. The number of rotatable bonds is 3. The van der Waals surface area contributed by atoms with Gasteiger partial charge in [0.25, 0.3) is 0 Å². The lowest BCUT2D eigenvalue weighted by Gasteiger charge is -2.15. The topological polar surface area (TPSA) is 0 Å². The minimum absolute atomic E-state index is 0.456. The van der Waals surface area contributed by atoms with Crippen molar-refractivity contribution in [3.63, 3.8) is 0 Å². The van der Waals surface area contributed by atoms with E-state index in [2.05, 4.69) is 46.4 Å². The van der Waals surface area contributed by atoms with Crippen LogP contribution in [0.15, 0.2) is 18.7 Å². The van der Waals surface area contributed by atoms with Gasteiger partial charge in [-0.05, 0) is 40.7 Å². The van der Waals surface area contributed by atoms with Crippen LogP contribution in [0.3, 0.4) is 0 Å². The summed E-state index contributed by atoms with van der Waals surface area (Å²) in [5, 5.41) is 0.874. The molecule has 0 amide bonds.